The Morgan fingerprint density at radius 3 is 2.68 bits per heavy atom. The van der Waals surface area contributed by atoms with Crippen molar-refractivity contribution in [1.82, 2.24) is 0 Å². The summed E-state index contributed by atoms with van der Waals surface area (Å²) in [5, 5.41) is 2.10. The zero-order valence-electron chi connectivity index (χ0n) is 10.7. The molecular weight excluding hydrogens is 327 g/mol. The molecule has 2 aromatic rings. The Balaban J connectivity index is 2.15. The fraction of sp³-hybridized carbons (Fsp3) is 0.286. The second kappa shape index (κ2) is 6.50. The van der Waals surface area contributed by atoms with Gasteiger partial charge >= 0.3 is 0 Å². The van der Waals surface area contributed by atoms with Crippen molar-refractivity contribution in [2.75, 3.05) is 18.5 Å². The van der Waals surface area contributed by atoms with Gasteiger partial charge in [-0.2, -0.15) is 0 Å². The first-order valence-corrected chi connectivity index (χ1v) is 7.69. The minimum Gasteiger partial charge on any atom is -0.370 e. The van der Waals surface area contributed by atoms with E-state index in [0.29, 0.717) is 13.0 Å². The van der Waals surface area contributed by atoms with Gasteiger partial charge in [-0.3, -0.25) is 0 Å². The smallest absolute Gasteiger partial charge is 0.125 e. The zero-order valence-corrected chi connectivity index (χ0v) is 13.1. The van der Waals surface area contributed by atoms with Crippen LogP contribution in [-0.4, -0.2) is 13.6 Å². The molecule has 0 aliphatic rings. The van der Waals surface area contributed by atoms with Gasteiger partial charge < -0.3 is 10.6 Å². The lowest BCUT2D eigenvalue weighted by molar-refractivity contribution is 0.624. The molecule has 0 saturated carbocycles. The van der Waals surface area contributed by atoms with Crippen LogP contribution in [0.4, 0.5) is 10.1 Å². The Labute approximate surface area is 125 Å². The number of hydrogen-bond donors (Lipinski definition) is 1. The second-order valence-electron chi connectivity index (χ2n) is 4.47. The molecule has 0 saturated heterocycles. The molecule has 1 heterocycles. The highest BCUT2D eigenvalue weighted by Crippen LogP contribution is 2.24. The van der Waals surface area contributed by atoms with Gasteiger partial charge in [0, 0.05) is 19.3 Å². The summed E-state index contributed by atoms with van der Waals surface area (Å²) in [5.74, 6) is -0.209. The average molecular weight is 343 g/mol. The lowest BCUT2D eigenvalue weighted by Gasteiger charge is -2.19. The maximum atomic E-state index is 13.6. The van der Waals surface area contributed by atoms with Gasteiger partial charge in [0.15, 0.2) is 0 Å². The fourth-order valence-corrected chi connectivity index (χ4v) is 3.16. The maximum Gasteiger partial charge on any atom is 0.125 e. The molecule has 1 aromatic carbocycles. The van der Waals surface area contributed by atoms with E-state index in [-0.39, 0.29) is 5.82 Å². The quantitative estimate of drug-likeness (QED) is 0.895. The van der Waals surface area contributed by atoms with Crippen LogP contribution in [0.2, 0.25) is 0 Å². The Morgan fingerprint density at radius 1 is 1.26 bits per heavy atom. The van der Waals surface area contributed by atoms with Crippen LogP contribution in [-0.2, 0) is 13.0 Å². The first-order chi connectivity index (χ1) is 9.08. The van der Waals surface area contributed by atoms with Gasteiger partial charge in [-0.25, -0.2) is 4.39 Å². The molecular formula is C14H16BrFN2S. The van der Waals surface area contributed by atoms with E-state index in [9.17, 15) is 4.39 Å². The Kier molecular flexibility index (Phi) is 4.96. The number of rotatable bonds is 5. The monoisotopic (exact) mass is 342 g/mol. The minimum atomic E-state index is -0.209. The van der Waals surface area contributed by atoms with Crippen LogP contribution in [0.1, 0.15) is 11.1 Å². The van der Waals surface area contributed by atoms with Crippen LogP contribution in [0.3, 0.4) is 0 Å². The third-order valence-corrected chi connectivity index (χ3v) is 4.41. The molecule has 0 aliphatic heterocycles. The predicted molar refractivity (Wildman–Crippen MR) is 83.3 cm³/mol. The van der Waals surface area contributed by atoms with E-state index in [1.807, 2.05) is 18.0 Å². The van der Waals surface area contributed by atoms with Crippen molar-refractivity contribution in [2.45, 2.75) is 13.0 Å². The van der Waals surface area contributed by atoms with Gasteiger partial charge in [0.2, 0.25) is 0 Å². The summed E-state index contributed by atoms with van der Waals surface area (Å²) in [5.41, 5.74) is 8.56. The molecule has 2 nitrogen and oxygen atoms in total. The molecule has 5 heteroatoms. The molecule has 0 amide bonds. The molecule has 2 N–H and O–H groups in total. The molecule has 0 fully saturated rings. The molecule has 0 bridgehead atoms. The van der Waals surface area contributed by atoms with Crippen molar-refractivity contribution < 1.29 is 4.39 Å². The van der Waals surface area contributed by atoms with E-state index in [2.05, 4.69) is 27.4 Å². The summed E-state index contributed by atoms with van der Waals surface area (Å²) in [7, 11) is 1.96. The summed E-state index contributed by atoms with van der Waals surface area (Å²) in [6, 6.07) is 7.19. The summed E-state index contributed by atoms with van der Waals surface area (Å²) >= 11 is 5.10. The Hall–Kier alpha value is -0.910. The van der Waals surface area contributed by atoms with Crippen molar-refractivity contribution in [1.29, 1.82) is 0 Å². The Morgan fingerprint density at radius 2 is 2.05 bits per heavy atom. The number of thiophene rings is 1. The molecule has 0 atom stereocenters. The lowest BCUT2D eigenvalue weighted by atomic mass is 10.1. The average Bonchev–Trinajstić information content (AvgIpc) is 2.74. The van der Waals surface area contributed by atoms with Crippen molar-refractivity contribution >= 4 is 33.0 Å². The van der Waals surface area contributed by atoms with Crippen molar-refractivity contribution in [2.24, 2.45) is 5.73 Å². The van der Waals surface area contributed by atoms with Crippen LogP contribution in [0.25, 0.3) is 0 Å². The molecule has 102 valence electrons. The molecule has 2 rings (SSSR count). The summed E-state index contributed by atoms with van der Waals surface area (Å²) < 4.78 is 14.7. The van der Waals surface area contributed by atoms with Crippen molar-refractivity contribution in [3.63, 3.8) is 0 Å². The van der Waals surface area contributed by atoms with Gasteiger partial charge in [0.1, 0.15) is 5.82 Å². The molecule has 0 unspecified atom stereocenters. The third kappa shape index (κ3) is 4.03. The van der Waals surface area contributed by atoms with E-state index in [0.717, 1.165) is 21.6 Å². The lowest BCUT2D eigenvalue weighted by Crippen LogP contribution is -2.16. The van der Waals surface area contributed by atoms with E-state index < -0.39 is 0 Å². The highest BCUT2D eigenvalue weighted by atomic mass is 79.9. The molecule has 1 aromatic heterocycles. The SMILES string of the molecule is CN(Cc1csc(Br)c1)c1cc(F)cc(CCN)c1. The van der Waals surface area contributed by atoms with Gasteiger partial charge in [-0.1, -0.05) is 0 Å². The van der Waals surface area contributed by atoms with Crippen molar-refractivity contribution in [3.8, 4) is 0 Å². The number of nitrogens with two attached hydrogens (primary N) is 1. The van der Waals surface area contributed by atoms with Gasteiger partial charge in [0.25, 0.3) is 0 Å². The number of nitrogens with zero attached hydrogens (tertiary/aromatic N) is 1. The molecule has 19 heavy (non-hydrogen) atoms. The normalized spacial score (nSPS) is 10.7. The summed E-state index contributed by atoms with van der Waals surface area (Å²) in [4.78, 5) is 2.04. The fourth-order valence-electron chi connectivity index (χ4n) is 1.96. The Bertz CT molecular complexity index is 556. The van der Waals surface area contributed by atoms with Crippen LogP contribution in [0.15, 0.2) is 33.4 Å². The van der Waals surface area contributed by atoms with Crippen LogP contribution in [0.5, 0.6) is 0 Å². The maximum absolute atomic E-state index is 13.6. The molecule has 0 radical (unpaired) electrons. The first kappa shape index (κ1) is 14.5. The zero-order chi connectivity index (χ0) is 13.8. The minimum absolute atomic E-state index is 0.209. The summed E-state index contributed by atoms with van der Waals surface area (Å²) in [6.07, 6.45) is 0.697. The summed E-state index contributed by atoms with van der Waals surface area (Å²) in [6.45, 7) is 1.29. The standard InChI is InChI=1S/C14H16BrFN2S/c1-18(8-11-6-14(15)19-9-11)13-5-10(2-3-17)4-12(16)7-13/h4-7,9H,2-3,8,17H2,1H3. The van der Waals surface area contributed by atoms with E-state index in [1.54, 1.807) is 23.5 Å². The number of anilines is 1. The number of benzene rings is 1. The first-order valence-electron chi connectivity index (χ1n) is 6.02. The number of halogens is 2. The highest BCUT2D eigenvalue weighted by Gasteiger charge is 2.07. The van der Waals surface area contributed by atoms with Crippen LogP contribution in [0, 0.1) is 5.82 Å². The van der Waals surface area contributed by atoms with Crippen LogP contribution >= 0.6 is 27.3 Å². The van der Waals surface area contributed by atoms with Gasteiger partial charge in [0.05, 0.1) is 3.79 Å². The third-order valence-electron chi connectivity index (χ3n) is 2.86. The van der Waals surface area contributed by atoms with E-state index >= 15 is 0 Å². The van der Waals surface area contributed by atoms with Crippen LogP contribution < -0.4 is 10.6 Å². The van der Waals surface area contributed by atoms with E-state index in [1.165, 1.54) is 5.56 Å². The predicted octanol–water partition coefficient (Wildman–Crippen LogP) is 3.79. The van der Waals surface area contributed by atoms with Gasteiger partial charge in [-0.15, -0.1) is 11.3 Å². The largest absolute Gasteiger partial charge is 0.370 e. The highest BCUT2D eigenvalue weighted by molar-refractivity contribution is 9.11. The van der Waals surface area contributed by atoms with E-state index in [4.69, 9.17) is 5.73 Å². The molecule has 0 spiro atoms. The van der Waals surface area contributed by atoms with Gasteiger partial charge in [-0.05, 0) is 69.7 Å². The van der Waals surface area contributed by atoms with Crippen molar-refractivity contribution in [3.05, 3.63) is 50.4 Å². The second-order valence-corrected chi connectivity index (χ2v) is 6.76. The number of hydrogen-bond acceptors (Lipinski definition) is 3. The topological polar surface area (TPSA) is 29.3 Å². The molecule has 0 aliphatic carbocycles.